The molecule has 30 heavy (non-hydrogen) atoms. The van der Waals surface area contributed by atoms with E-state index in [2.05, 4.69) is 10.2 Å². The van der Waals surface area contributed by atoms with E-state index in [1.165, 1.54) is 0 Å². The molecule has 10 nitrogen and oxygen atoms in total. The predicted molar refractivity (Wildman–Crippen MR) is 112 cm³/mol. The van der Waals surface area contributed by atoms with E-state index in [1.807, 2.05) is 0 Å². The van der Waals surface area contributed by atoms with Gasteiger partial charge in [0, 0.05) is 11.8 Å². The van der Waals surface area contributed by atoms with Gasteiger partial charge in [0.1, 0.15) is 25.3 Å². The van der Waals surface area contributed by atoms with Crippen LogP contribution in [0.4, 0.5) is 0 Å². The van der Waals surface area contributed by atoms with E-state index >= 15 is 0 Å². The Hall–Kier alpha value is -1.30. The first-order chi connectivity index (χ1) is 13.9. The number of quaternary nitrogens is 2. The fourth-order valence-corrected chi connectivity index (χ4v) is 3.19. The van der Waals surface area contributed by atoms with E-state index in [0.717, 1.165) is 38.5 Å². The molecule has 10 heteroatoms. The maximum atomic E-state index is 11.9. The summed E-state index contributed by atoms with van der Waals surface area (Å²) in [5, 5.41) is 68.7. The van der Waals surface area contributed by atoms with Crippen molar-refractivity contribution >= 4 is 11.8 Å². The average Bonchev–Trinajstić information content (AvgIpc) is 2.61. The molecule has 2 unspecified atom stereocenters. The minimum absolute atomic E-state index is 0.00583. The van der Waals surface area contributed by atoms with Crippen LogP contribution in [0.25, 0.3) is 0 Å². The van der Waals surface area contributed by atoms with Gasteiger partial charge in [0.25, 0.3) is 0 Å². The molecule has 0 aromatic rings. The van der Waals surface area contributed by atoms with Crippen molar-refractivity contribution in [2.75, 3.05) is 54.5 Å². The number of likely N-dealkylation sites (N-methyl/N-ethyl adjacent to an activating group) is 2. The molecule has 0 aromatic heterocycles. The molecule has 0 bridgehead atoms. The highest BCUT2D eigenvalue weighted by atomic mass is 16.3. The number of nitrogens with zero attached hydrogens (tertiary/aromatic N) is 4. The molecule has 178 valence electrons. The van der Waals surface area contributed by atoms with Gasteiger partial charge in [0.2, 0.25) is 0 Å². The molecule has 0 aliphatic rings. The molecule has 0 aliphatic carbocycles. The number of aliphatic hydroxyl groups is 4. The molecule has 0 aliphatic heterocycles. The summed E-state index contributed by atoms with van der Waals surface area (Å²) in [6.07, 6.45) is 4.21. The Labute approximate surface area is 180 Å². The first-order valence-electron chi connectivity index (χ1n) is 10.7. The van der Waals surface area contributed by atoms with Crippen molar-refractivity contribution < 1.29 is 39.8 Å². The first-order valence-corrected chi connectivity index (χ1v) is 10.7. The second-order valence-corrected chi connectivity index (χ2v) is 8.89. The number of aliphatic hydroxyl groups excluding tert-OH is 4. The summed E-state index contributed by atoms with van der Waals surface area (Å²) in [6, 6.07) is 0. The molecule has 0 rings (SSSR count). The molecule has 0 radical (unpaired) electrons. The normalized spacial score (nSPS) is 16.0. The topological polar surface area (TPSA) is 152 Å². The van der Waals surface area contributed by atoms with Gasteiger partial charge in [-0.15, -0.1) is 10.2 Å². The quantitative estimate of drug-likeness (QED) is 0.0705. The fourth-order valence-electron chi connectivity index (χ4n) is 3.19. The minimum Gasteiger partial charge on any atom is -0.858 e. The maximum Gasteiger partial charge on any atom is 0.131 e. The van der Waals surface area contributed by atoms with Crippen molar-refractivity contribution in [1.82, 2.24) is 0 Å². The van der Waals surface area contributed by atoms with Crippen molar-refractivity contribution in [2.45, 2.75) is 63.6 Å². The molecule has 0 amide bonds. The van der Waals surface area contributed by atoms with Crippen LogP contribution < -0.4 is 10.2 Å². The molecule has 0 saturated carbocycles. The van der Waals surface area contributed by atoms with Gasteiger partial charge in [-0.05, 0) is 25.7 Å². The monoisotopic (exact) mass is 434 g/mol. The Morgan fingerprint density at radius 2 is 0.967 bits per heavy atom. The Morgan fingerprint density at radius 3 is 1.27 bits per heavy atom. The van der Waals surface area contributed by atoms with E-state index < -0.39 is 12.2 Å². The molecule has 0 aromatic carbocycles. The summed E-state index contributed by atoms with van der Waals surface area (Å²) in [4.78, 5) is 0. The zero-order valence-electron chi connectivity index (χ0n) is 19.0. The Kier molecular flexibility index (Phi) is 14.0. The summed E-state index contributed by atoms with van der Waals surface area (Å²) in [5.41, 5.74) is 0. The van der Waals surface area contributed by atoms with Crippen molar-refractivity contribution in [2.24, 2.45) is 10.2 Å². The summed E-state index contributed by atoms with van der Waals surface area (Å²) < 4.78 is -0.0117. The van der Waals surface area contributed by atoms with Crippen molar-refractivity contribution in [1.29, 1.82) is 0 Å². The molecular formula is C20H42N4O6. The van der Waals surface area contributed by atoms with Crippen LogP contribution in [0.15, 0.2) is 10.2 Å². The second kappa shape index (κ2) is 14.7. The third kappa shape index (κ3) is 15.5. The fraction of sp³-hybridized carbons (Fsp3) is 0.900. The summed E-state index contributed by atoms with van der Waals surface area (Å²) in [7, 11) is 6.83. The lowest BCUT2D eigenvalue weighted by Crippen LogP contribution is -2.44. The van der Waals surface area contributed by atoms with Crippen LogP contribution in [-0.2, 0) is 0 Å². The highest BCUT2D eigenvalue weighted by molar-refractivity contribution is 5.70. The minimum atomic E-state index is -0.895. The Morgan fingerprint density at radius 1 is 0.667 bits per heavy atom. The predicted octanol–water partition coefficient (Wildman–Crippen LogP) is -1.69. The van der Waals surface area contributed by atoms with Crippen LogP contribution in [0.2, 0.25) is 0 Å². The number of unbranched alkanes of at least 4 members (excludes halogenated alkanes) is 5. The molecule has 0 fully saturated rings. The average molecular weight is 435 g/mol. The molecular weight excluding hydrogens is 392 g/mol. The van der Waals surface area contributed by atoms with Crippen LogP contribution in [-0.4, -0.2) is 108 Å². The van der Waals surface area contributed by atoms with Crippen LogP contribution in [0, 0.1) is 0 Å². The standard InChI is InChI=1S/C20H42N4O6/c1-23(2,13-17(27)15-25)21-19(29)11-9-7-5-6-8-10-12-20(30)22-24(3,4)14-18(28)16-26/h17-18,25-28H,5-16H2,1-4H3. The maximum absolute atomic E-state index is 11.9. The van der Waals surface area contributed by atoms with E-state index in [1.54, 1.807) is 28.2 Å². The van der Waals surface area contributed by atoms with Gasteiger partial charge in [-0.1, -0.05) is 25.7 Å². The second-order valence-electron chi connectivity index (χ2n) is 8.89. The molecule has 0 heterocycles. The molecule has 0 spiro atoms. The van der Waals surface area contributed by atoms with E-state index in [0.29, 0.717) is 12.8 Å². The lowest BCUT2D eigenvalue weighted by atomic mass is 10.1. The third-order valence-corrected chi connectivity index (χ3v) is 4.53. The zero-order valence-corrected chi connectivity index (χ0v) is 19.0. The van der Waals surface area contributed by atoms with Gasteiger partial charge in [-0.2, -0.15) is 0 Å². The van der Waals surface area contributed by atoms with Crippen LogP contribution in [0.1, 0.15) is 51.4 Å². The number of hydrogen-bond donors (Lipinski definition) is 4. The van der Waals surface area contributed by atoms with Crippen molar-refractivity contribution in [3.8, 4) is 0 Å². The van der Waals surface area contributed by atoms with Crippen LogP contribution in [0.5, 0.6) is 0 Å². The summed E-state index contributed by atoms with van der Waals surface area (Å²) in [6.45, 7) is -0.333. The highest BCUT2D eigenvalue weighted by Crippen LogP contribution is 2.10. The van der Waals surface area contributed by atoms with Gasteiger partial charge in [0.05, 0.1) is 41.4 Å². The molecule has 4 N–H and O–H groups in total. The highest BCUT2D eigenvalue weighted by Gasteiger charge is 2.20. The zero-order chi connectivity index (χ0) is 23.2. The van der Waals surface area contributed by atoms with E-state index in [-0.39, 0.29) is 47.3 Å². The van der Waals surface area contributed by atoms with Crippen molar-refractivity contribution in [3.05, 3.63) is 0 Å². The Balaban J connectivity index is 3.97. The lowest BCUT2D eigenvalue weighted by Gasteiger charge is -2.27. The van der Waals surface area contributed by atoms with Gasteiger partial charge in [0.15, 0.2) is 0 Å². The smallest absolute Gasteiger partial charge is 0.131 e. The number of hydrogen-bond acceptors (Lipinski definition) is 8. The van der Waals surface area contributed by atoms with Gasteiger partial charge >= 0.3 is 0 Å². The molecule has 2 atom stereocenters. The van der Waals surface area contributed by atoms with Crippen LogP contribution >= 0.6 is 0 Å². The van der Waals surface area contributed by atoms with Gasteiger partial charge in [-0.25, -0.2) is 9.18 Å². The van der Waals surface area contributed by atoms with E-state index in [4.69, 9.17) is 10.2 Å². The molecule has 0 saturated heterocycles. The first kappa shape index (κ1) is 28.7. The Bertz CT molecular complexity index is 479. The largest absolute Gasteiger partial charge is 0.858 e. The number of rotatable bonds is 17. The third-order valence-electron chi connectivity index (χ3n) is 4.53. The summed E-state index contributed by atoms with van der Waals surface area (Å²) in [5.74, 6) is -0.409. The van der Waals surface area contributed by atoms with Gasteiger partial charge in [-0.3, -0.25) is 0 Å². The van der Waals surface area contributed by atoms with Crippen LogP contribution in [0.3, 0.4) is 0 Å². The summed E-state index contributed by atoms with van der Waals surface area (Å²) >= 11 is 0. The lowest BCUT2D eigenvalue weighted by molar-refractivity contribution is -0.901. The van der Waals surface area contributed by atoms with Crippen molar-refractivity contribution in [3.63, 3.8) is 0 Å². The van der Waals surface area contributed by atoms with E-state index in [9.17, 15) is 20.4 Å². The SMILES string of the molecule is C[N+](C)(CC(O)CO)N=C([O-])CCCCCCCCC([O-])=N[N+](C)(C)CC(O)CO. The van der Waals surface area contributed by atoms with Gasteiger partial charge < -0.3 is 30.6 Å².